The first-order chi connectivity index (χ1) is 13.4. The molecule has 8 heteroatoms. The first-order valence-electron chi connectivity index (χ1n) is 8.98. The van der Waals surface area contributed by atoms with Gasteiger partial charge in [0.15, 0.2) is 0 Å². The molecule has 2 aromatic rings. The summed E-state index contributed by atoms with van der Waals surface area (Å²) in [5.41, 5.74) is 2.82. The highest BCUT2D eigenvalue weighted by molar-refractivity contribution is 7.91. The highest BCUT2D eigenvalue weighted by atomic mass is 32.2. The quantitative estimate of drug-likeness (QED) is 0.767. The van der Waals surface area contributed by atoms with Gasteiger partial charge >= 0.3 is 0 Å². The van der Waals surface area contributed by atoms with E-state index in [1.807, 2.05) is 0 Å². The molecule has 1 heterocycles. The SMILES string of the molecule is COCC(=O)N1CCCc2cc(NS(=O)(=O)Cc3ccccc3OC)ccc21. The van der Waals surface area contributed by atoms with E-state index in [4.69, 9.17) is 9.47 Å². The number of aryl methyl sites for hydroxylation is 1. The zero-order chi connectivity index (χ0) is 20.1. The summed E-state index contributed by atoms with van der Waals surface area (Å²) in [7, 11) is -0.614. The second-order valence-corrected chi connectivity index (χ2v) is 8.32. The number of benzene rings is 2. The smallest absolute Gasteiger partial charge is 0.252 e. The third-order valence-corrected chi connectivity index (χ3v) is 5.82. The van der Waals surface area contributed by atoms with Crippen molar-refractivity contribution in [1.82, 2.24) is 0 Å². The Hall–Kier alpha value is -2.58. The van der Waals surface area contributed by atoms with E-state index >= 15 is 0 Å². The maximum atomic E-state index is 12.6. The number of nitrogens with one attached hydrogen (secondary N) is 1. The van der Waals surface area contributed by atoms with Crippen LogP contribution in [0.1, 0.15) is 17.5 Å². The van der Waals surface area contributed by atoms with Crippen molar-refractivity contribution in [3.05, 3.63) is 53.6 Å². The molecule has 0 aromatic heterocycles. The van der Waals surface area contributed by atoms with Gasteiger partial charge in [0, 0.05) is 30.6 Å². The lowest BCUT2D eigenvalue weighted by atomic mass is 10.0. The van der Waals surface area contributed by atoms with Gasteiger partial charge in [-0.2, -0.15) is 0 Å². The van der Waals surface area contributed by atoms with Gasteiger partial charge in [-0.25, -0.2) is 8.42 Å². The highest BCUT2D eigenvalue weighted by Gasteiger charge is 2.23. The molecule has 1 aliphatic rings. The minimum atomic E-state index is -3.62. The number of anilines is 2. The summed E-state index contributed by atoms with van der Waals surface area (Å²) < 4.78 is 38.0. The molecule has 1 N–H and O–H groups in total. The lowest BCUT2D eigenvalue weighted by Gasteiger charge is -2.29. The van der Waals surface area contributed by atoms with E-state index < -0.39 is 10.0 Å². The summed E-state index contributed by atoms with van der Waals surface area (Å²) in [6.45, 7) is 0.654. The molecule has 28 heavy (non-hydrogen) atoms. The Bertz CT molecular complexity index is 959. The fourth-order valence-corrected chi connectivity index (χ4v) is 4.57. The average Bonchev–Trinajstić information content (AvgIpc) is 2.67. The molecule has 1 amide bonds. The van der Waals surface area contributed by atoms with Crippen molar-refractivity contribution in [3.8, 4) is 5.75 Å². The first kappa shape index (κ1) is 20.2. The van der Waals surface area contributed by atoms with E-state index in [2.05, 4.69) is 4.72 Å². The Morgan fingerprint density at radius 1 is 1.18 bits per heavy atom. The van der Waals surface area contributed by atoms with Crippen molar-refractivity contribution >= 4 is 27.3 Å². The number of para-hydroxylation sites is 1. The molecule has 3 rings (SSSR count). The number of amides is 1. The molecular weight excluding hydrogens is 380 g/mol. The molecule has 0 atom stereocenters. The Balaban J connectivity index is 1.79. The molecule has 0 bridgehead atoms. The fourth-order valence-electron chi connectivity index (χ4n) is 3.36. The molecular formula is C20H24N2O5S. The van der Waals surface area contributed by atoms with Crippen molar-refractivity contribution in [2.24, 2.45) is 0 Å². The lowest BCUT2D eigenvalue weighted by molar-refractivity contribution is -0.122. The van der Waals surface area contributed by atoms with Crippen LogP contribution in [-0.4, -0.2) is 41.7 Å². The third-order valence-electron chi connectivity index (χ3n) is 4.58. The number of carbonyl (C=O) groups excluding carboxylic acids is 1. The van der Waals surface area contributed by atoms with Crippen LogP contribution >= 0.6 is 0 Å². The molecule has 0 radical (unpaired) electrons. The number of sulfonamides is 1. The Labute approximate surface area is 165 Å². The average molecular weight is 404 g/mol. The predicted molar refractivity (Wildman–Crippen MR) is 108 cm³/mol. The molecule has 0 unspecified atom stereocenters. The van der Waals surface area contributed by atoms with Gasteiger partial charge < -0.3 is 14.4 Å². The van der Waals surface area contributed by atoms with Gasteiger partial charge in [0.2, 0.25) is 10.0 Å². The molecule has 7 nitrogen and oxygen atoms in total. The fraction of sp³-hybridized carbons (Fsp3) is 0.350. The maximum Gasteiger partial charge on any atom is 0.252 e. The van der Waals surface area contributed by atoms with Crippen molar-refractivity contribution < 1.29 is 22.7 Å². The molecule has 0 fully saturated rings. The molecule has 1 aliphatic heterocycles. The van der Waals surface area contributed by atoms with E-state index in [1.54, 1.807) is 47.4 Å². The van der Waals surface area contributed by atoms with Crippen molar-refractivity contribution in [1.29, 1.82) is 0 Å². The minimum Gasteiger partial charge on any atom is -0.496 e. The monoisotopic (exact) mass is 404 g/mol. The van der Waals surface area contributed by atoms with Crippen molar-refractivity contribution in [2.45, 2.75) is 18.6 Å². The first-order valence-corrected chi connectivity index (χ1v) is 10.6. The molecule has 0 saturated carbocycles. The van der Waals surface area contributed by atoms with Crippen LogP contribution in [0.3, 0.4) is 0 Å². The van der Waals surface area contributed by atoms with Gasteiger partial charge in [-0.15, -0.1) is 0 Å². The zero-order valence-electron chi connectivity index (χ0n) is 16.0. The number of nitrogens with zero attached hydrogens (tertiary/aromatic N) is 1. The normalized spacial score (nSPS) is 13.7. The summed E-state index contributed by atoms with van der Waals surface area (Å²) in [4.78, 5) is 13.9. The van der Waals surface area contributed by atoms with Crippen LogP contribution in [-0.2, 0) is 31.7 Å². The number of ether oxygens (including phenoxy) is 2. The number of rotatable bonds is 7. The van der Waals surface area contributed by atoms with Crippen LogP contribution in [0.4, 0.5) is 11.4 Å². The molecule has 0 spiro atoms. The predicted octanol–water partition coefficient (Wildman–Crippen LogP) is 2.56. The number of fused-ring (bicyclic) bond motifs is 1. The van der Waals surface area contributed by atoms with Gasteiger partial charge in [0.1, 0.15) is 12.4 Å². The minimum absolute atomic E-state index is 0.0206. The summed E-state index contributed by atoms with van der Waals surface area (Å²) in [5.74, 6) is 0.241. The molecule has 0 saturated heterocycles. The Kier molecular flexibility index (Phi) is 6.21. The van der Waals surface area contributed by atoms with Gasteiger partial charge in [-0.1, -0.05) is 18.2 Å². The standard InChI is InChI=1S/C20H24N2O5S/c1-26-13-20(23)22-11-5-7-15-12-17(9-10-18(15)22)21-28(24,25)14-16-6-3-4-8-19(16)27-2/h3-4,6,8-10,12,21H,5,7,11,13-14H2,1-2H3. The Morgan fingerprint density at radius 2 is 1.96 bits per heavy atom. The van der Waals surface area contributed by atoms with E-state index in [1.165, 1.54) is 14.2 Å². The summed E-state index contributed by atoms with van der Waals surface area (Å²) in [6.07, 6.45) is 1.61. The molecule has 2 aromatic carbocycles. The van der Waals surface area contributed by atoms with Crippen LogP contribution in [0.25, 0.3) is 0 Å². The number of hydrogen-bond donors (Lipinski definition) is 1. The van der Waals surface area contributed by atoms with E-state index in [0.717, 1.165) is 24.1 Å². The number of hydrogen-bond acceptors (Lipinski definition) is 5. The van der Waals surface area contributed by atoms with Crippen LogP contribution in [0.15, 0.2) is 42.5 Å². The summed E-state index contributed by atoms with van der Waals surface area (Å²) >= 11 is 0. The van der Waals surface area contributed by atoms with Crippen LogP contribution in [0, 0.1) is 0 Å². The summed E-state index contributed by atoms with van der Waals surface area (Å²) in [6, 6.07) is 12.3. The van der Waals surface area contributed by atoms with Gasteiger partial charge in [0.25, 0.3) is 5.91 Å². The van der Waals surface area contributed by atoms with Crippen LogP contribution in [0.2, 0.25) is 0 Å². The van der Waals surface area contributed by atoms with Gasteiger partial charge in [0.05, 0.1) is 12.9 Å². The van der Waals surface area contributed by atoms with E-state index in [-0.39, 0.29) is 18.3 Å². The third kappa shape index (κ3) is 4.63. The largest absolute Gasteiger partial charge is 0.496 e. The van der Waals surface area contributed by atoms with Crippen molar-refractivity contribution in [3.63, 3.8) is 0 Å². The van der Waals surface area contributed by atoms with Gasteiger partial charge in [-0.05, 0) is 42.7 Å². The second-order valence-electron chi connectivity index (χ2n) is 6.60. The second kappa shape index (κ2) is 8.62. The number of methoxy groups -OCH3 is 2. The number of carbonyl (C=O) groups is 1. The Morgan fingerprint density at radius 3 is 2.71 bits per heavy atom. The van der Waals surface area contributed by atoms with Gasteiger partial charge in [-0.3, -0.25) is 9.52 Å². The van der Waals surface area contributed by atoms with Crippen molar-refractivity contribution in [2.75, 3.05) is 37.0 Å². The maximum absolute atomic E-state index is 12.6. The topological polar surface area (TPSA) is 84.9 Å². The van der Waals surface area contributed by atoms with Crippen LogP contribution < -0.4 is 14.4 Å². The summed E-state index contributed by atoms with van der Waals surface area (Å²) in [5, 5.41) is 0. The molecule has 0 aliphatic carbocycles. The van der Waals surface area contributed by atoms with E-state index in [0.29, 0.717) is 23.5 Å². The highest BCUT2D eigenvalue weighted by Crippen LogP contribution is 2.30. The lowest BCUT2D eigenvalue weighted by Crippen LogP contribution is -2.37. The molecule has 150 valence electrons. The van der Waals surface area contributed by atoms with E-state index in [9.17, 15) is 13.2 Å². The zero-order valence-corrected chi connectivity index (χ0v) is 16.8. The van der Waals surface area contributed by atoms with Crippen LogP contribution in [0.5, 0.6) is 5.75 Å².